The highest BCUT2D eigenvalue weighted by Crippen LogP contribution is 2.17. The van der Waals surface area contributed by atoms with E-state index in [9.17, 15) is 0 Å². The van der Waals surface area contributed by atoms with Crippen LogP contribution in [-0.4, -0.2) is 19.9 Å². The van der Waals surface area contributed by atoms with Crippen molar-refractivity contribution in [2.45, 2.75) is 0 Å². The quantitative estimate of drug-likeness (QED) is 0.613. The molecule has 1 heterocycles. The smallest absolute Gasteiger partial charge is 0.138 e. The fourth-order valence-electron chi connectivity index (χ4n) is 1.26. The fourth-order valence-corrected chi connectivity index (χ4v) is 1.26. The number of ether oxygens (including phenoxy) is 1. The second-order valence-electron chi connectivity index (χ2n) is 2.68. The third-order valence-corrected chi connectivity index (χ3v) is 1.85. The zero-order valence-corrected chi connectivity index (χ0v) is 6.79. The maximum Gasteiger partial charge on any atom is 0.138 e. The predicted octanol–water partition coefficient (Wildman–Crippen LogP) is 0.970. The third kappa shape index (κ3) is 1.07. The second-order valence-corrected chi connectivity index (χ2v) is 2.68. The van der Waals surface area contributed by atoms with Crippen molar-refractivity contribution >= 4 is 24.3 Å². The molecule has 0 aliphatic rings. The van der Waals surface area contributed by atoms with Gasteiger partial charge in [-0.05, 0) is 29.9 Å². The minimum Gasteiger partial charge on any atom is -0.497 e. The van der Waals surface area contributed by atoms with Crippen molar-refractivity contribution in [3.8, 4) is 5.75 Å². The number of nitrogens with one attached hydrogen (secondary N) is 1. The Morgan fingerprint density at radius 2 is 2.17 bits per heavy atom. The first-order valence-corrected chi connectivity index (χ1v) is 3.72. The van der Waals surface area contributed by atoms with Crippen LogP contribution in [0.4, 0.5) is 0 Å². The van der Waals surface area contributed by atoms with E-state index in [0.717, 1.165) is 16.7 Å². The van der Waals surface area contributed by atoms with Crippen molar-refractivity contribution in [2.24, 2.45) is 0 Å². The van der Waals surface area contributed by atoms with Gasteiger partial charge in [-0.2, -0.15) is 0 Å². The molecule has 0 amide bonds. The summed E-state index contributed by atoms with van der Waals surface area (Å²) in [5, 5.41) is 1.08. The summed E-state index contributed by atoms with van der Waals surface area (Å²) >= 11 is 0. The lowest BCUT2D eigenvalue weighted by atomic mass is 10.1. The second kappa shape index (κ2) is 2.59. The van der Waals surface area contributed by atoms with Gasteiger partial charge in [-0.1, -0.05) is 0 Å². The summed E-state index contributed by atoms with van der Waals surface area (Å²) < 4.78 is 5.08. The largest absolute Gasteiger partial charge is 0.497 e. The van der Waals surface area contributed by atoms with Crippen LogP contribution in [0.3, 0.4) is 0 Å². The van der Waals surface area contributed by atoms with Gasteiger partial charge in [0.05, 0.1) is 7.11 Å². The number of aromatic nitrogens is 1. The van der Waals surface area contributed by atoms with Crippen molar-refractivity contribution < 1.29 is 4.74 Å². The van der Waals surface area contributed by atoms with E-state index in [1.807, 2.05) is 24.3 Å². The van der Waals surface area contributed by atoms with Crippen LogP contribution >= 0.6 is 0 Å². The van der Waals surface area contributed by atoms with E-state index in [-0.39, 0.29) is 0 Å². The molecule has 0 bridgehead atoms. The third-order valence-electron chi connectivity index (χ3n) is 1.85. The zero-order valence-electron chi connectivity index (χ0n) is 6.79. The van der Waals surface area contributed by atoms with Crippen molar-refractivity contribution in [1.29, 1.82) is 0 Å². The number of methoxy groups -OCH3 is 1. The maximum atomic E-state index is 5.59. The molecule has 0 saturated heterocycles. The molecule has 1 aromatic carbocycles. The number of rotatable bonds is 1. The average Bonchev–Trinajstić information content (AvgIpc) is 2.43. The van der Waals surface area contributed by atoms with Gasteiger partial charge in [0.25, 0.3) is 0 Å². The Labute approximate surface area is 72.0 Å². The lowest BCUT2D eigenvalue weighted by molar-refractivity contribution is 0.415. The van der Waals surface area contributed by atoms with Crippen LogP contribution in [0, 0.1) is 0 Å². The number of H-pyrrole nitrogens is 1. The van der Waals surface area contributed by atoms with Crippen LogP contribution in [0.25, 0.3) is 10.9 Å². The van der Waals surface area contributed by atoms with E-state index < -0.39 is 0 Å². The number of benzene rings is 1. The van der Waals surface area contributed by atoms with Crippen LogP contribution in [0.2, 0.25) is 0 Å². The van der Waals surface area contributed by atoms with Crippen LogP contribution < -0.4 is 10.3 Å². The van der Waals surface area contributed by atoms with Crippen molar-refractivity contribution in [3.05, 3.63) is 24.3 Å². The molecule has 0 saturated carbocycles. The predicted molar refractivity (Wildman–Crippen MR) is 50.2 cm³/mol. The SMILES string of the molecule is [B]c1cc2cc(OC)ccc2[nH]1. The van der Waals surface area contributed by atoms with Crippen molar-refractivity contribution in [2.75, 3.05) is 7.11 Å². The zero-order chi connectivity index (χ0) is 8.55. The Hall–Kier alpha value is -1.38. The first-order chi connectivity index (χ1) is 5.79. The molecule has 0 atom stereocenters. The summed E-state index contributed by atoms with van der Waals surface area (Å²) in [5.41, 5.74) is 1.71. The molecule has 0 unspecified atom stereocenters. The normalized spacial score (nSPS) is 10.4. The molecular formula is C9H8BNO. The Morgan fingerprint density at radius 3 is 2.92 bits per heavy atom. The van der Waals surface area contributed by atoms with Crippen LogP contribution in [0.5, 0.6) is 5.75 Å². The molecule has 2 radical (unpaired) electrons. The maximum absolute atomic E-state index is 5.59. The number of hydrogen-bond acceptors (Lipinski definition) is 1. The van der Waals surface area contributed by atoms with Gasteiger partial charge in [-0.15, -0.1) is 0 Å². The van der Waals surface area contributed by atoms with Gasteiger partial charge in [0.15, 0.2) is 0 Å². The summed E-state index contributed by atoms with van der Waals surface area (Å²) in [6.07, 6.45) is 0. The van der Waals surface area contributed by atoms with E-state index in [1.165, 1.54) is 0 Å². The fraction of sp³-hybridized carbons (Fsp3) is 0.111. The Kier molecular flexibility index (Phi) is 1.57. The number of hydrogen-bond donors (Lipinski definition) is 1. The highest BCUT2D eigenvalue weighted by Gasteiger charge is 1.97. The van der Waals surface area contributed by atoms with Gasteiger partial charge in [-0.3, -0.25) is 0 Å². The molecule has 2 rings (SSSR count). The Bertz CT molecular complexity index is 408. The van der Waals surface area contributed by atoms with E-state index in [1.54, 1.807) is 7.11 Å². The number of fused-ring (bicyclic) bond motifs is 1. The first-order valence-electron chi connectivity index (χ1n) is 3.72. The van der Waals surface area contributed by atoms with E-state index in [4.69, 9.17) is 12.6 Å². The molecule has 0 spiro atoms. The summed E-state index contributed by atoms with van der Waals surface area (Å²) in [6.45, 7) is 0. The van der Waals surface area contributed by atoms with Gasteiger partial charge in [0.1, 0.15) is 13.6 Å². The Balaban J connectivity index is 2.66. The van der Waals surface area contributed by atoms with Gasteiger partial charge < -0.3 is 9.72 Å². The minimum absolute atomic E-state index is 0.679. The molecule has 12 heavy (non-hydrogen) atoms. The molecule has 0 aliphatic carbocycles. The van der Waals surface area contributed by atoms with Gasteiger partial charge >= 0.3 is 0 Å². The summed E-state index contributed by atoms with van der Waals surface area (Å²) in [5.74, 6) is 0.849. The monoisotopic (exact) mass is 157 g/mol. The standard InChI is InChI=1S/C9H8BNO/c1-12-7-2-3-8-6(4-7)5-9(10)11-8/h2-5,11H,1H3. The van der Waals surface area contributed by atoms with Gasteiger partial charge in [0.2, 0.25) is 0 Å². The van der Waals surface area contributed by atoms with E-state index in [2.05, 4.69) is 4.98 Å². The highest BCUT2D eigenvalue weighted by molar-refractivity contribution is 6.32. The van der Waals surface area contributed by atoms with Gasteiger partial charge in [0, 0.05) is 10.9 Å². The summed E-state index contributed by atoms with van der Waals surface area (Å²) in [6, 6.07) is 7.68. The first kappa shape index (κ1) is 7.28. The van der Waals surface area contributed by atoms with E-state index in [0.29, 0.717) is 5.59 Å². The molecule has 3 heteroatoms. The molecule has 1 N–H and O–H groups in total. The van der Waals surface area contributed by atoms with E-state index >= 15 is 0 Å². The Morgan fingerprint density at radius 1 is 1.33 bits per heavy atom. The minimum atomic E-state index is 0.679. The highest BCUT2D eigenvalue weighted by atomic mass is 16.5. The lowest BCUT2D eigenvalue weighted by Gasteiger charge is -1.97. The number of aromatic amines is 1. The molecule has 58 valence electrons. The van der Waals surface area contributed by atoms with Crippen LogP contribution in [0.1, 0.15) is 0 Å². The average molecular weight is 157 g/mol. The molecule has 2 aromatic rings. The van der Waals surface area contributed by atoms with Crippen molar-refractivity contribution in [1.82, 2.24) is 4.98 Å². The topological polar surface area (TPSA) is 25.0 Å². The molecule has 0 fully saturated rings. The molecular weight excluding hydrogens is 149 g/mol. The lowest BCUT2D eigenvalue weighted by Crippen LogP contribution is -1.99. The molecule has 0 aliphatic heterocycles. The molecule has 2 nitrogen and oxygen atoms in total. The summed E-state index contributed by atoms with van der Waals surface area (Å²) in [4.78, 5) is 3.03. The van der Waals surface area contributed by atoms with Crippen LogP contribution in [-0.2, 0) is 0 Å². The molecule has 1 aromatic heterocycles. The van der Waals surface area contributed by atoms with Crippen molar-refractivity contribution in [3.63, 3.8) is 0 Å². The summed E-state index contributed by atoms with van der Waals surface area (Å²) in [7, 11) is 7.24. The van der Waals surface area contributed by atoms with Gasteiger partial charge in [-0.25, -0.2) is 0 Å². The van der Waals surface area contributed by atoms with Crippen LogP contribution in [0.15, 0.2) is 24.3 Å².